The van der Waals surface area contributed by atoms with Crippen LogP contribution in [0.3, 0.4) is 0 Å². The summed E-state index contributed by atoms with van der Waals surface area (Å²) in [6.07, 6.45) is 18.1. The first-order valence-corrected chi connectivity index (χ1v) is 43.7. The maximum atomic E-state index is 12.0. The Labute approximate surface area is 841 Å². The van der Waals surface area contributed by atoms with Crippen LogP contribution in [0.1, 0.15) is 94.0 Å². The first-order chi connectivity index (χ1) is 70.9. The van der Waals surface area contributed by atoms with Gasteiger partial charge in [-0.1, -0.05) is 48.5 Å². The van der Waals surface area contributed by atoms with E-state index in [0.29, 0.717) is 45.4 Å². The van der Waals surface area contributed by atoms with Crippen LogP contribution in [0.2, 0.25) is 0 Å². The highest BCUT2D eigenvalue weighted by molar-refractivity contribution is 5.99. The van der Waals surface area contributed by atoms with Gasteiger partial charge >= 0.3 is 95.5 Å². The van der Waals surface area contributed by atoms with E-state index in [1.807, 2.05) is 0 Å². The molecule has 148 heavy (non-hydrogen) atoms. The van der Waals surface area contributed by atoms with Gasteiger partial charge in [0.05, 0.1) is 42.7 Å². The summed E-state index contributed by atoms with van der Waals surface area (Å²) in [7, 11) is 8.78. The van der Waals surface area contributed by atoms with Gasteiger partial charge < -0.3 is 135 Å². The molecule has 0 radical (unpaired) electrons. The molecule has 776 valence electrons. The minimum absolute atomic E-state index is 0.000871. The quantitative estimate of drug-likeness (QED) is 0.0180. The smallest absolute Gasteiger partial charge is 0.342 e. The Morgan fingerprint density at radius 1 is 0.230 bits per heavy atom. The number of esters is 16. The van der Waals surface area contributed by atoms with Crippen LogP contribution >= 0.6 is 0 Å². The number of hydrogen-bond donors (Lipinski definition) is 6. The molecule has 8 heterocycles. The average molecular weight is 2050 g/mol. The molecular formula is C104H96O44. The maximum absolute atomic E-state index is 12.0. The number of methoxy groups -OCH3 is 6. The molecule has 0 aromatic heterocycles. The number of phenols is 6. The molecule has 8 aliphatic rings. The number of cyclic esters (lactones) is 8. The lowest BCUT2D eigenvalue weighted by Crippen LogP contribution is -2.19. The molecule has 0 aliphatic carbocycles. The van der Waals surface area contributed by atoms with E-state index in [1.165, 1.54) is 188 Å². The van der Waals surface area contributed by atoms with Crippen LogP contribution in [0, 0.1) is 13.8 Å². The molecule has 44 heteroatoms. The summed E-state index contributed by atoms with van der Waals surface area (Å²) in [5.74, 6) is -7.07. The van der Waals surface area contributed by atoms with Crippen molar-refractivity contribution in [3.05, 3.63) is 311 Å². The number of aromatic hydroxyl groups is 6. The highest BCUT2D eigenvalue weighted by Gasteiger charge is 2.30. The Balaban J connectivity index is 0.000000188. The molecule has 16 rings (SSSR count). The zero-order chi connectivity index (χ0) is 107. The molecule has 8 unspecified atom stereocenters. The number of benzene rings is 8. The lowest BCUT2D eigenvalue weighted by Gasteiger charge is -2.13. The van der Waals surface area contributed by atoms with Gasteiger partial charge in [0.25, 0.3) is 0 Å². The van der Waals surface area contributed by atoms with Crippen LogP contribution in [-0.2, 0) is 114 Å². The number of aryl methyl sites for hydroxylation is 2. The molecule has 8 aromatic carbocycles. The van der Waals surface area contributed by atoms with E-state index in [0.717, 1.165) is 11.6 Å². The van der Waals surface area contributed by atoms with Gasteiger partial charge in [-0.3, -0.25) is 0 Å². The summed E-state index contributed by atoms with van der Waals surface area (Å²) < 4.78 is 109. The fourth-order valence-corrected chi connectivity index (χ4v) is 12.7. The molecule has 8 atom stereocenters. The summed E-state index contributed by atoms with van der Waals surface area (Å²) in [5.41, 5.74) is 2.76. The van der Waals surface area contributed by atoms with Crippen molar-refractivity contribution in [1.29, 1.82) is 0 Å². The van der Waals surface area contributed by atoms with Gasteiger partial charge in [0.1, 0.15) is 166 Å². The van der Waals surface area contributed by atoms with Crippen molar-refractivity contribution in [1.82, 2.24) is 0 Å². The summed E-state index contributed by atoms with van der Waals surface area (Å²) in [5, 5.41) is 56.4. The summed E-state index contributed by atoms with van der Waals surface area (Å²) >= 11 is 0. The molecular weight excluding hydrogens is 1950 g/mol. The zero-order valence-electron chi connectivity index (χ0n) is 79.7. The first kappa shape index (κ1) is 112. The number of hydrogen-bond acceptors (Lipinski definition) is 44. The molecule has 0 fully saturated rings. The number of phenolic OH excluding ortho intramolecular Hbond substituents is 6. The van der Waals surface area contributed by atoms with Crippen LogP contribution in [0.15, 0.2) is 255 Å². The van der Waals surface area contributed by atoms with Gasteiger partial charge in [-0.15, -0.1) is 0 Å². The van der Waals surface area contributed by atoms with E-state index >= 15 is 0 Å². The fraction of sp³-hybridized carbons (Fsp3) is 0.231. The SMILES string of the molecule is COc1cc(O)ccc1C(=O)OCC1C=CC(=O)O1.COc1ccc(C(=O)OCC2C=CC(=O)O2)c(O)c1.COc1ccc(C(=O)OCC2C=CC(=O)O2)c(OC)c1.COc1cccc(C)c1C(=O)OCC1C=CC(=O)O1.COc1ccccc1C(=O)OCC1C=CC(=O)O1.Cc1cccc(O)c1C(=O)OCC1C=CC(=O)O1.O=C1C=CC(COC(=O)c2ccc(O)cc2O)O1.O=C1C=CC(COC(=O)c2ccccc2O)O1. The van der Waals surface area contributed by atoms with E-state index in [-0.39, 0.29) is 126 Å². The molecule has 0 saturated carbocycles. The fourth-order valence-electron chi connectivity index (χ4n) is 12.7. The predicted molar refractivity (Wildman–Crippen MR) is 505 cm³/mol. The lowest BCUT2D eigenvalue weighted by molar-refractivity contribution is -0.140. The minimum atomic E-state index is -0.760. The topological polar surface area (TPSA) is 598 Å². The van der Waals surface area contributed by atoms with Crippen molar-refractivity contribution in [3.63, 3.8) is 0 Å². The third-order valence-corrected chi connectivity index (χ3v) is 20.0. The highest BCUT2D eigenvalue weighted by Crippen LogP contribution is 2.32. The van der Waals surface area contributed by atoms with Crippen LogP contribution in [0.25, 0.3) is 0 Å². The summed E-state index contributed by atoms with van der Waals surface area (Å²) in [6, 6.07) is 39.5. The Bertz CT molecular complexity index is 6430. The number of carbonyl (C=O) groups excluding carboxylic acids is 16. The van der Waals surface area contributed by atoms with E-state index in [1.54, 1.807) is 117 Å². The third-order valence-electron chi connectivity index (χ3n) is 20.0. The zero-order valence-corrected chi connectivity index (χ0v) is 79.7. The van der Waals surface area contributed by atoms with Crippen molar-refractivity contribution in [3.8, 4) is 69.0 Å². The predicted octanol–water partition coefficient (Wildman–Crippen LogP) is 9.50. The molecule has 0 amide bonds. The standard InChI is InChI=1S/C14H14O6.C14H14O5.2C13H12O6.2C13H12O5.C12H10O6.C12H10O5/c1-17-9-3-5-11(12(7-9)18-2)14(16)19-8-10-4-6-13(15)20-10;1-9-4-3-5-11(17-2)13(9)14(16)18-8-10-6-7-12(15)19-10;1-17-8-2-4-10(11(14)6-8)13(16)18-7-9-3-5-12(15)19-9;1-17-11-6-8(14)2-4-10(11)13(16)18-7-9-3-5-12(15)19-9;1-8-3-2-4-10(14)12(8)13(16)17-7-9-5-6-11(15)18-9;1-16-11-5-3-2-4-10(11)13(15)17-8-9-6-7-12(14)18-9;13-7-1-3-9(10(14)5-7)12(16)17-6-8-2-4-11(15)18-8;13-10-4-2-1-3-9(10)12(15)16-7-8-5-6-11(14)17-8/h3-7,10H,8H2,1-2H3;3-7,10H,8H2,1-2H3;2*2-6,9,14H,7H2,1H3;2-6,9,14H,7H2,1H3;2-7,9H,8H2,1H3;1-5,8,13-14H,6H2;1-6,8,13H,7H2. The molecule has 8 aromatic rings. The second kappa shape index (κ2) is 56.4. The van der Waals surface area contributed by atoms with Gasteiger partial charge in [-0.05, 0) is 159 Å². The van der Waals surface area contributed by atoms with Crippen LogP contribution in [0.4, 0.5) is 0 Å². The van der Waals surface area contributed by atoms with E-state index < -0.39 is 144 Å². The summed E-state index contributed by atoms with van der Waals surface area (Å²) in [4.78, 5) is 181. The summed E-state index contributed by atoms with van der Waals surface area (Å²) in [6.45, 7) is 3.07. The van der Waals surface area contributed by atoms with Crippen molar-refractivity contribution in [2.75, 3.05) is 95.5 Å². The normalized spacial score (nSPS) is 17.3. The first-order valence-electron chi connectivity index (χ1n) is 43.7. The van der Waals surface area contributed by atoms with Crippen molar-refractivity contribution >= 4 is 95.5 Å². The molecule has 6 N–H and O–H groups in total. The second-order valence-corrected chi connectivity index (χ2v) is 30.3. The monoisotopic (exact) mass is 2050 g/mol. The third kappa shape index (κ3) is 35.2. The minimum Gasteiger partial charge on any atom is -0.508 e. The number of para-hydroxylation sites is 2. The van der Waals surface area contributed by atoms with Gasteiger partial charge in [0, 0.05) is 72.9 Å². The van der Waals surface area contributed by atoms with Crippen molar-refractivity contribution < 1.29 is 212 Å². The molecule has 0 bridgehead atoms. The molecule has 0 spiro atoms. The van der Waals surface area contributed by atoms with Crippen LogP contribution < -0.4 is 28.4 Å². The Kier molecular flexibility index (Phi) is 42.9. The van der Waals surface area contributed by atoms with Gasteiger partial charge in [-0.25, -0.2) is 76.7 Å². The van der Waals surface area contributed by atoms with Crippen LogP contribution in [0.5, 0.6) is 69.0 Å². The maximum Gasteiger partial charge on any atom is 0.342 e. The number of rotatable bonds is 30. The molecule has 44 nitrogen and oxygen atoms in total. The Morgan fingerprint density at radius 3 is 0.804 bits per heavy atom. The van der Waals surface area contributed by atoms with Crippen LogP contribution in [-0.4, -0.2) is 270 Å². The average Bonchev–Trinajstić information content (AvgIpc) is 1.78. The molecule has 0 saturated heterocycles. The van der Waals surface area contributed by atoms with Crippen molar-refractivity contribution in [2.45, 2.75) is 62.7 Å². The van der Waals surface area contributed by atoms with Crippen molar-refractivity contribution in [2.24, 2.45) is 0 Å². The Hall–Kier alpha value is -19.2. The number of ether oxygens (including phenoxy) is 22. The van der Waals surface area contributed by atoms with E-state index in [4.69, 9.17) is 109 Å². The second-order valence-electron chi connectivity index (χ2n) is 30.3. The van der Waals surface area contributed by atoms with E-state index in [9.17, 15) is 102 Å². The van der Waals surface area contributed by atoms with E-state index in [2.05, 4.69) is 0 Å². The van der Waals surface area contributed by atoms with Gasteiger partial charge in [0.15, 0.2) is 48.8 Å². The Morgan fingerprint density at radius 2 is 0.480 bits per heavy atom. The van der Waals surface area contributed by atoms with Gasteiger partial charge in [-0.2, -0.15) is 0 Å². The largest absolute Gasteiger partial charge is 0.508 e. The highest BCUT2D eigenvalue weighted by atomic mass is 16.6. The van der Waals surface area contributed by atoms with Gasteiger partial charge in [0.2, 0.25) is 0 Å². The number of carbonyl (C=O) groups is 16. The molecule has 8 aliphatic heterocycles. The lowest BCUT2D eigenvalue weighted by atomic mass is 10.1.